The summed E-state index contributed by atoms with van der Waals surface area (Å²) in [5.74, 6) is 0.943. The molecule has 7 nitrogen and oxygen atoms in total. The Hall–Kier alpha value is -1.89. The third-order valence-electron chi connectivity index (χ3n) is 2.90. The maximum atomic E-state index is 11.5. The minimum atomic E-state index is -0.318. The first-order chi connectivity index (χ1) is 7.63. The Morgan fingerprint density at radius 1 is 1.31 bits per heavy atom. The van der Waals surface area contributed by atoms with Gasteiger partial charge in [-0.25, -0.2) is 4.98 Å². The van der Waals surface area contributed by atoms with E-state index in [1.807, 2.05) is 0 Å². The van der Waals surface area contributed by atoms with E-state index in [0.29, 0.717) is 29.8 Å². The average molecular weight is 221 g/mol. The van der Waals surface area contributed by atoms with Crippen LogP contribution >= 0.6 is 0 Å². The molecule has 0 atom stereocenters. The molecule has 0 spiro atoms. The number of hydrogen-bond acceptors (Lipinski definition) is 5. The molecule has 1 saturated carbocycles. The van der Waals surface area contributed by atoms with E-state index in [1.165, 1.54) is 0 Å². The fraction of sp³-hybridized carbons (Fsp3) is 0.444. The Morgan fingerprint density at radius 2 is 2.06 bits per heavy atom. The van der Waals surface area contributed by atoms with Crippen molar-refractivity contribution >= 4 is 17.1 Å². The predicted octanol–water partition coefficient (Wildman–Crippen LogP) is -0.533. The first kappa shape index (κ1) is 9.34. The normalized spacial score (nSPS) is 24.6. The highest BCUT2D eigenvalue weighted by molar-refractivity contribution is 5.70. The minimum absolute atomic E-state index is 0.0594. The zero-order chi connectivity index (χ0) is 11.3. The van der Waals surface area contributed by atoms with E-state index in [0.717, 1.165) is 0 Å². The topological polar surface area (TPSA) is 121 Å². The third-order valence-corrected chi connectivity index (χ3v) is 2.90. The van der Waals surface area contributed by atoms with Crippen molar-refractivity contribution in [3.8, 4) is 0 Å². The maximum Gasteiger partial charge on any atom is 0.278 e. The van der Waals surface area contributed by atoms with Crippen molar-refractivity contribution in [2.24, 2.45) is 0 Å². The molecule has 3 rings (SSSR count). The van der Waals surface area contributed by atoms with Gasteiger partial charge in [-0.05, 0) is 12.8 Å². The van der Waals surface area contributed by atoms with Gasteiger partial charge in [-0.15, -0.1) is 0 Å². The SMILES string of the molecule is Nc1nc2nc(C3CC(O)C3)[nH]c2c(=O)[nH]1. The van der Waals surface area contributed by atoms with E-state index >= 15 is 0 Å². The first-order valence-corrected chi connectivity index (χ1v) is 5.07. The fourth-order valence-corrected chi connectivity index (χ4v) is 1.95. The van der Waals surface area contributed by atoms with Crippen LogP contribution in [-0.4, -0.2) is 31.1 Å². The lowest BCUT2D eigenvalue weighted by Crippen LogP contribution is -2.27. The summed E-state index contributed by atoms with van der Waals surface area (Å²) >= 11 is 0. The summed E-state index contributed by atoms with van der Waals surface area (Å²) in [7, 11) is 0. The summed E-state index contributed by atoms with van der Waals surface area (Å²) in [5, 5.41) is 9.21. The van der Waals surface area contributed by atoms with Crippen LogP contribution in [0.1, 0.15) is 24.6 Å². The number of aliphatic hydroxyl groups is 1. The molecule has 1 aliphatic carbocycles. The summed E-state index contributed by atoms with van der Waals surface area (Å²) in [6.07, 6.45) is 1.09. The van der Waals surface area contributed by atoms with E-state index in [-0.39, 0.29) is 23.5 Å². The molecular weight excluding hydrogens is 210 g/mol. The van der Waals surface area contributed by atoms with Gasteiger partial charge in [-0.1, -0.05) is 0 Å². The molecule has 0 saturated heterocycles. The lowest BCUT2D eigenvalue weighted by Gasteiger charge is -2.29. The van der Waals surface area contributed by atoms with Crippen LogP contribution in [0.25, 0.3) is 11.2 Å². The third kappa shape index (κ3) is 1.28. The first-order valence-electron chi connectivity index (χ1n) is 5.07. The zero-order valence-corrected chi connectivity index (χ0v) is 8.40. The van der Waals surface area contributed by atoms with Gasteiger partial charge >= 0.3 is 0 Å². The Morgan fingerprint density at radius 3 is 2.75 bits per heavy atom. The molecule has 2 heterocycles. The van der Waals surface area contributed by atoms with Crippen LogP contribution in [0.2, 0.25) is 0 Å². The van der Waals surface area contributed by atoms with Crippen LogP contribution in [0.3, 0.4) is 0 Å². The van der Waals surface area contributed by atoms with E-state index in [4.69, 9.17) is 5.73 Å². The van der Waals surface area contributed by atoms with Crippen LogP contribution in [0, 0.1) is 0 Å². The second-order valence-electron chi connectivity index (χ2n) is 4.09. The second kappa shape index (κ2) is 3.05. The van der Waals surface area contributed by atoms with Gasteiger partial charge in [-0.3, -0.25) is 9.78 Å². The summed E-state index contributed by atoms with van der Waals surface area (Å²) in [6.45, 7) is 0. The van der Waals surface area contributed by atoms with E-state index in [2.05, 4.69) is 19.9 Å². The molecule has 16 heavy (non-hydrogen) atoms. The highest BCUT2D eigenvalue weighted by atomic mass is 16.3. The van der Waals surface area contributed by atoms with Crippen molar-refractivity contribution in [3.63, 3.8) is 0 Å². The van der Waals surface area contributed by atoms with E-state index in [1.54, 1.807) is 0 Å². The van der Waals surface area contributed by atoms with Gasteiger partial charge in [0.1, 0.15) is 5.82 Å². The molecular formula is C9H11N5O2. The molecule has 0 unspecified atom stereocenters. The average Bonchev–Trinajstić information content (AvgIpc) is 2.56. The maximum absolute atomic E-state index is 11.5. The number of aromatic nitrogens is 4. The zero-order valence-electron chi connectivity index (χ0n) is 8.40. The number of rotatable bonds is 1. The van der Waals surface area contributed by atoms with Crippen molar-refractivity contribution < 1.29 is 5.11 Å². The standard InChI is InChI=1S/C9H11N5O2/c10-9-13-7-5(8(16)14-9)11-6(12-7)3-1-4(15)2-3/h3-4,15H,1-2H2,(H4,10,11,12,13,14,16). The predicted molar refractivity (Wildman–Crippen MR) is 56.9 cm³/mol. The number of nitrogen functional groups attached to an aromatic ring is 1. The van der Waals surface area contributed by atoms with Gasteiger partial charge in [0.2, 0.25) is 5.95 Å². The van der Waals surface area contributed by atoms with Crippen molar-refractivity contribution in [3.05, 3.63) is 16.2 Å². The highest BCUT2D eigenvalue weighted by Crippen LogP contribution is 2.35. The Labute approximate surface area is 89.7 Å². The molecule has 2 aromatic rings. The van der Waals surface area contributed by atoms with Gasteiger partial charge in [0.15, 0.2) is 11.2 Å². The van der Waals surface area contributed by atoms with E-state index < -0.39 is 0 Å². The summed E-state index contributed by atoms with van der Waals surface area (Å²) < 4.78 is 0. The number of nitrogens with one attached hydrogen (secondary N) is 2. The Kier molecular flexibility index (Phi) is 1.78. The number of nitrogens with two attached hydrogens (primary N) is 1. The minimum Gasteiger partial charge on any atom is -0.393 e. The largest absolute Gasteiger partial charge is 0.393 e. The number of fused-ring (bicyclic) bond motifs is 1. The molecule has 2 aromatic heterocycles. The van der Waals surface area contributed by atoms with Crippen molar-refractivity contribution in [1.82, 2.24) is 19.9 Å². The molecule has 0 radical (unpaired) electrons. The number of H-pyrrole nitrogens is 2. The number of imidazole rings is 1. The van der Waals surface area contributed by atoms with Crippen molar-refractivity contribution in [1.29, 1.82) is 0 Å². The number of aliphatic hydroxyl groups excluding tert-OH is 1. The summed E-state index contributed by atoms with van der Waals surface area (Å²) in [5.41, 5.74) is 5.77. The van der Waals surface area contributed by atoms with Gasteiger partial charge in [0, 0.05) is 5.92 Å². The molecule has 0 amide bonds. The molecule has 84 valence electrons. The lowest BCUT2D eigenvalue weighted by molar-refractivity contribution is 0.0720. The molecule has 1 fully saturated rings. The monoisotopic (exact) mass is 221 g/mol. The molecule has 0 aromatic carbocycles. The van der Waals surface area contributed by atoms with Crippen LogP contribution in [0.15, 0.2) is 4.79 Å². The van der Waals surface area contributed by atoms with Gasteiger partial charge in [0.05, 0.1) is 6.10 Å². The number of aromatic amines is 2. The lowest BCUT2D eigenvalue weighted by atomic mass is 9.82. The smallest absolute Gasteiger partial charge is 0.278 e. The number of hydrogen-bond donors (Lipinski definition) is 4. The summed E-state index contributed by atoms with van der Waals surface area (Å²) in [6, 6.07) is 0. The van der Waals surface area contributed by atoms with Crippen molar-refractivity contribution in [2.75, 3.05) is 5.73 Å². The molecule has 7 heteroatoms. The fourth-order valence-electron chi connectivity index (χ4n) is 1.95. The van der Waals surface area contributed by atoms with E-state index in [9.17, 15) is 9.90 Å². The Balaban J connectivity index is 2.09. The molecule has 0 bridgehead atoms. The highest BCUT2D eigenvalue weighted by Gasteiger charge is 2.31. The summed E-state index contributed by atoms with van der Waals surface area (Å²) in [4.78, 5) is 25.0. The van der Waals surface area contributed by atoms with Crippen LogP contribution in [0.4, 0.5) is 5.95 Å². The molecule has 0 aliphatic heterocycles. The number of anilines is 1. The van der Waals surface area contributed by atoms with Crippen LogP contribution in [0.5, 0.6) is 0 Å². The van der Waals surface area contributed by atoms with Gasteiger partial charge in [0.25, 0.3) is 5.56 Å². The van der Waals surface area contributed by atoms with Gasteiger partial charge < -0.3 is 15.8 Å². The Bertz CT molecular complexity index is 595. The van der Waals surface area contributed by atoms with Crippen LogP contribution < -0.4 is 11.3 Å². The molecule has 5 N–H and O–H groups in total. The van der Waals surface area contributed by atoms with Gasteiger partial charge in [-0.2, -0.15) is 4.98 Å². The van der Waals surface area contributed by atoms with Crippen LogP contribution in [-0.2, 0) is 0 Å². The quantitative estimate of drug-likeness (QED) is 0.515. The van der Waals surface area contributed by atoms with Crippen molar-refractivity contribution in [2.45, 2.75) is 24.9 Å². The molecule has 1 aliphatic rings. The second-order valence-corrected chi connectivity index (χ2v) is 4.09. The number of nitrogens with zero attached hydrogens (tertiary/aromatic N) is 2.